The maximum absolute atomic E-state index is 13.1. The van der Waals surface area contributed by atoms with E-state index in [1.54, 1.807) is 6.07 Å². The molecule has 84 valence electrons. The van der Waals surface area contributed by atoms with Crippen molar-refractivity contribution in [1.29, 1.82) is 0 Å². The van der Waals surface area contributed by atoms with Crippen molar-refractivity contribution < 1.29 is 9.18 Å². The monoisotopic (exact) mass is 219 g/mol. The highest BCUT2D eigenvalue weighted by molar-refractivity contribution is 5.91. The number of hydrogen-bond donors (Lipinski definition) is 1. The molecule has 0 atom stereocenters. The van der Waals surface area contributed by atoms with Gasteiger partial charge in [0.15, 0.2) is 0 Å². The molecule has 1 N–H and O–H groups in total. The molecule has 2 aliphatic rings. The minimum absolute atomic E-state index is 0.0839. The topological polar surface area (TPSA) is 29.1 Å². The van der Waals surface area contributed by atoms with Crippen LogP contribution in [-0.4, -0.2) is 11.9 Å². The van der Waals surface area contributed by atoms with Gasteiger partial charge in [0.25, 0.3) is 0 Å². The van der Waals surface area contributed by atoms with Crippen LogP contribution in [0.15, 0.2) is 24.3 Å². The second-order valence-electron chi connectivity index (χ2n) is 4.84. The Hall–Kier alpha value is -1.38. The van der Waals surface area contributed by atoms with Crippen LogP contribution in [0.5, 0.6) is 0 Å². The van der Waals surface area contributed by atoms with Gasteiger partial charge in [0, 0.05) is 6.04 Å². The number of amides is 1. The van der Waals surface area contributed by atoms with Crippen LogP contribution in [0.2, 0.25) is 0 Å². The number of benzene rings is 1. The minimum atomic E-state index is -0.426. The van der Waals surface area contributed by atoms with Gasteiger partial charge in [-0.25, -0.2) is 4.39 Å². The predicted molar refractivity (Wildman–Crippen MR) is 58.5 cm³/mol. The molecule has 0 spiro atoms. The lowest BCUT2D eigenvalue weighted by atomic mass is 9.95. The maximum atomic E-state index is 13.1. The zero-order chi connectivity index (χ0) is 11.2. The van der Waals surface area contributed by atoms with Crippen LogP contribution in [0.4, 0.5) is 4.39 Å². The number of halogens is 1. The van der Waals surface area contributed by atoms with E-state index in [2.05, 4.69) is 5.32 Å². The smallest absolute Gasteiger partial charge is 0.230 e. The van der Waals surface area contributed by atoms with E-state index < -0.39 is 5.41 Å². The Kier molecular flexibility index (Phi) is 2.03. The van der Waals surface area contributed by atoms with Gasteiger partial charge in [0.2, 0.25) is 5.91 Å². The Bertz CT molecular complexity index is 435. The van der Waals surface area contributed by atoms with Crippen LogP contribution < -0.4 is 5.32 Å². The van der Waals surface area contributed by atoms with Gasteiger partial charge in [-0.3, -0.25) is 4.79 Å². The molecule has 0 aromatic heterocycles. The Morgan fingerprint density at radius 2 is 2.12 bits per heavy atom. The third kappa shape index (κ3) is 1.60. The van der Waals surface area contributed by atoms with Gasteiger partial charge in [0.1, 0.15) is 5.82 Å². The van der Waals surface area contributed by atoms with E-state index in [0.717, 1.165) is 31.2 Å². The summed E-state index contributed by atoms with van der Waals surface area (Å²) < 4.78 is 13.1. The average molecular weight is 219 g/mol. The summed E-state index contributed by atoms with van der Waals surface area (Å²) in [6, 6.07) is 6.80. The summed E-state index contributed by atoms with van der Waals surface area (Å²) in [6.45, 7) is 0. The summed E-state index contributed by atoms with van der Waals surface area (Å²) in [5, 5.41) is 3.01. The standard InChI is InChI=1S/C13H14FNO/c14-10-3-1-2-9(8-10)13(6-7-13)12(16)15-11-4-5-11/h1-3,8,11H,4-7H2,(H,15,16). The molecule has 2 aliphatic carbocycles. The molecule has 3 rings (SSSR count). The molecule has 0 aliphatic heterocycles. The largest absolute Gasteiger partial charge is 0.353 e. The molecule has 2 saturated carbocycles. The summed E-state index contributed by atoms with van der Waals surface area (Å²) in [5.41, 5.74) is 0.399. The number of nitrogens with one attached hydrogen (secondary N) is 1. The van der Waals surface area contributed by atoms with Gasteiger partial charge in [-0.2, -0.15) is 0 Å². The second kappa shape index (κ2) is 3.30. The van der Waals surface area contributed by atoms with Gasteiger partial charge in [-0.05, 0) is 43.4 Å². The molecule has 0 radical (unpaired) electrons. The fourth-order valence-corrected chi connectivity index (χ4v) is 2.11. The predicted octanol–water partition coefficient (Wildman–Crippen LogP) is 2.14. The van der Waals surface area contributed by atoms with Gasteiger partial charge in [0.05, 0.1) is 5.41 Å². The van der Waals surface area contributed by atoms with Crippen molar-refractivity contribution in [2.45, 2.75) is 37.1 Å². The molecular weight excluding hydrogens is 205 g/mol. The highest BCUT2D eigenvalue weighted by Crippen LogP contribution is 2.48. The van der Waals surface area contributed by atoms with Crippen LogP contribution in [0, 0.1) is 5.82 Å². The Balaban J connectivity index is 1.84. The number of carbonyl (C=O) groups is 1. The van der Waals surface area contributed by atoms with Crippen molar-refractivity contribution in [3.05, 3.63) is 35.6 Å². The second-order valence-corrected chi connectivity index (χ2v) is 4.84. The molecule has 1 aromatic rings. The maximum Gasteiger partial charge on any atom is 0.230 e. The summed E-state index contributed by atoms with van der Waals surface area (Å²) in [6.07, 6.45) is 3.86. The molecule has 0 unspecified atom stereocenters. The van der Waals surface area contributed by atoms with Crippen LogP contribution in [0.25, 0.3) is 0 Å². The van der Waals surface area contributed by atoms with Crippen LogP contribution in [-0.2, 0) is 10.2 Å². The van der Waals surface area contributed by atoms with Gasteiger partial charge < -0.3 is 5.32 Å². The molecule has 1 aromatic carbocycles. The Morgan fingerprint density at radius 3 is 2.69 bits per heavy atom. The lowest BCUT2D eigenvalue weighted by Gasteiger charge is -2.15. The van der Waals surface area contributed by atoms with Crippen molar-refractivity contribution in [3.8, 4) is 0 Å². The SMILES string of the molecule is O=C(NC1CC1)C1(c2cccc(F)c2)CC1. The van der Waals surface area contributed by atoms with Crippen molar-refractivity contribution in [2.24, 2.45) is 0 Å². The van der Waals surface area contributed by atoms with Gasteiger partial charge >= 0.3 is 0 Å². The summed E-state index contributed by atoms with van der Waals surface area (Å²) in [4.78, 5) is 12.1. The fraction of sp³-hybridized carbons (Fsp3) is 0.462. The van der Waals surface area contributed by atoms with Crippen molar-refractivity contribution in [3.63, 3.8) is 0 Å². The molecular formula is C13H14FNO. The normalized spacial score (nSPS) is 21.6. The average Bonchev–Trinajstić information content (AvgIpc) is 3.13. The molecule has 16 heavy (non-hydrogen) atoms. The highest BCUT2D eigenvalue weighted by atomic mass is 19.1. The van der Waals surface area contributed by atoms with Crippen LogP contribution in [0.1, 0.15) is 31.2 Å². The summed E-state index contributed by atoms with van der Waals surface area (Å²) >= 11 is 0. The fourth-order valence-electron chi connectivity index (χ4n) is 2.11. The van der Waals surface area contributed by atoms with E-state index in [-0.39, 0.29) is 11.7 Å². The zero-order valence-electron chi connectivity index (χ0n) is 9.00. The minimum Gasteiger partial charge on any atom is -0.353 e. The molecule has 0 heterocycles. The third-order valence-corrected chi connectivity index (χ3v) is 3.47. The van der Waals surface area contributed by atoms with Crippen LogP contribution in [0.3, 0.4) is 0 Å². The first-order valence-electron chi connectivity index (χ1n) is 5.78. The first kappa shape index (κ1) is 9.82. The first-order valence-corrected chi connectivity index (χ1v) is 5.78. The molecule has 3 heteroatoms. The van der Waals surface area contributed by atoms with Crippen molar-refractivity contribution in [2.75, 3.05) is 0 Å². The van der Waals surface area contributed by atoms with Crippen molar-refractivity contribution in [1.82, 2.24) is 5.32 Å². The van der Waals surface area contributed by atoms with E-state index in [4.69, 9.17) is 0 Å². The Morgan fingerprint density at radius 1 is 1.38 bits per heavy atom. The van der Waals surface area contributed by atoms with E-state index in [9.17, 15) is 9.18 Å². The first-order chi connectivity index (χ1) is 7.71. The van der Waals surface area contributed by atoms with E-state index in [1.807, 2.05) is 6.07 Å². The lowest BCUT2D eigenvalue weighted by Crippen LogP contribution is -2.36. The number of hydrogen-bond acceptors (Lipinski definition) is 1. The molecule has 0 saturated heterocycles. The molecule has 2 fully saturated rings. The molecule has 0 bridgehead atoms. The number of rotatable bonds is 3. The van der Waals surface area contributed by atoms with Gasteiger partial charge in [-0.15, -0.1) is 0 Å². The van der Waals surface area contributed by atoms with Gasteiger partial charge in [-0.1, -0.05) is 12.1 Å². The molecule has 2 nitrogen and oxygen atoms in total. The Labute approximate surface area is 93.9 Å². The van der Waals surface area contributed by atoms with E-state index >= 15 is 0 Å². The highest BCUT2D eigenvalue weighted by Gasteiger charge is 2.52. The number of carbonyl (C=O) groups excluding carboxylic acids is 1. The van der Waals surface area contributed by atoms with Crippen LogP contribution >= 0.6 is 0 Å². The van der Waals surface area contributed by atoms with E-state index in [1.165, 1.54) is 12.1 Å². The summed E-state index contributed by atoms with van der Waals surface area (Å²) in [7, 11) is 0. The summed E-state index contributed by atoms with van der Waals surface area (Å²) in [5.74, 6) is -0.177. The zero-order valence-corrected chi connectivity index (χ0v) is 9.00. The van der Waals surface area contributed by atoms with E-state index in [0.29, 0.717) is 6.04 Å². The lowest BCUT2D eigenvalue weighted by molar-refractivity contribution is -0.123. The quantitative estimate of drug-likeness (QED) is 0.829. The third-order valence-electron chi connectivity index (χ3n) is 3.47. The van der Waals surface area contributed by atoms with Crippen molar-refractivity contribution >= 4 is 5.91 Å². The molecule has 1 amide bonds.